The fourth-order valence-corrected chi connectivity index (χ4v) is 2.08. The standard InChI is InChI=1S/C12H10F3N3O2S/c1-21(19,20)18-12-9(15)4-8(14)5-10(12)17-11-3-2-7(13)6-16-11/h2-6,18H,1H3,(H,16,17)/i2D. The summed E-state index contributed by atoms with van der Waals surface area (Å²) >= 11 is 0. The Labute approximate surface area is 120 Å². The summed E-state index contributed by atoms with van der Waals surface area (Å²) < 4.78 is 71.8. The molecule has 0 aliphatic carbocycles. The molecule has 0 radical (unpaired) electrons. The van der Waals surface area contributed by atoms with Gasteiger partial charge in [-0.15, -0.1) is 0 Å². The number of rotatable bonds is 4. The summed E-state index contributed by atoms with van der Waals surface area (Å²) in [5.41, 5.74) is -0.775. The van der Waals surface area contributed by atoms with Crippen molar-refractivity contribution in [1.29, 1.82) is 0 Å². The van der Waals surface area contributed by atoms with Gasteiger partial charge in [0.1, 0.15) is 23.1 Å². The maximum Gasteiger partial charge on any atom is 0.229 e. The van der Waals surface area contributed by atoms with E-state index in [1.54, 1.807) is 0 Å². The number of aromatic nitrogens is 1. The number of nitrogens with zero attached hydrogens (tertiary/aromatic N) is 1. The number of hydrogen-bond donors (Lipinski definition) is 2. The number of sulfonamides is 1. The van der Waals surface area contributed by atoms with Gasteiger partial charge in [0, 0.05) is 6.07 Å². The van der Waals surface area contributed by atoms with E-state index in [1.807, 2.05) is 4.72 Å². The van der Waals surface area contributed by atoms with Crippen molar-refractivity contribution >= 4 is 27.2 Å². The third-order valence-corrected chi connectivity index (χ3v) is 2.84. The van der Waals surface area contributed by atoms with E-state index in [4.69, 9.17) is 1.37 Å². The fourth-order valence-electron chi connectivity index (χ4n) is 1.51. The van der Waals surface area contributed by atoms with Crippen LogP contribution in [-0.4, -0.2) is 19.7 Å². The van der Waals surface area contributed by atoms with Crippen LogP contribution in [0.1, 0.15) is 1.37 Å². The lowest BCUT2D eigenvalue weighted by atomic mass is 10.2. The SMILES string of the molecule is [2H]c1cc(Nc2cc(F)cc(F)c2NS(C)(=O)=O)ncc1F. The van der Waals surface area contributed by atoms with E-state index >= 15 is 0 Å². The van der Waals surface area contributed by atoms with Gasteiger partial charge in [0.25, 0.3) is 0 Å². The first-order valence-corrected chi connectivity index (χ1v) is 7.41. The van der Waals surface area contributed by atoms with Crippen LogP contribution in [0.4, 0.5) is 30.4 Å². The van der Waals surface area contributed by atoms with Crippen molar-refractivity contribution in [2.24, 2.45) is 0 Å². The van der Waals surface area contributed by atoms with E-state index in [0.717, 1.165) is 24.6 Å². The Morgan fingerprint density at radius 3 is 2.57 bits per heavy atom. The highest BCUT2D eigenvalue weighted by Crippen LogP contribution is 2.29. The molecule has 21 heavy (non-hydrogen) atoms. The normalized spacial score (nSPS) is 11.9. The molecule has 1 aromatic heterocycles. The van der Waals surface area contributed by atoms with Crippen LogP contribution in [0.15, 0.2) is 30.4 Å². The van der Waals surface area contributed by atoms with Gasteiger partial charge in [-0.2, -0.15) is 0 Å². The average molecular weight is 318 g/mol. The minimum Gasteiger partial charge on any atom is -0.338 e. The van der Waals surface area contributed by atoms with Crippen LogP contribution in [0.2, 0.25) is 0 Å². The quantitative estimate of drug-likeness (QED) is 0.909. The molecule has 0 saturated heterocycles. The molecule has 9 heteroatoms. The fraction of sp³-hybridized carbons (Fsp3) is 0.0833. The molecule has 2 aromatic rings. The summed E-state index contributed by atoms with van der Waals surface area (Å²) in [5.74, 6) is -3.04. The first-order valence-electron chi connectivity index (χ1n) is 6.02. The maximum atomic E-state index is 13.8. The molecule has 0 bridgehead atoms. The zero-order valence-electron chi connectivity index (χ0n) is 11.6. The highest BCUT2D eigenvalue weighted by molar-refractivity contribution is 7.92. The molecule has 112 valence electrons. The molecule has 0 amide bonds. The summed E-state index contributed by atoms with van der Waals surface area (Å²) in [5, 5.41) is 2.44. The molecule has 0 aliphatic heterocycles. The van der Waals surface area contributed by atoms with Gasteiger partial charge in [-0.1, -0.05) is 0 Å². The summed E-state index contributed by atoms with van der Waals surface area (Å²) in [6.45, 7) is 0. The Balaban J connectivity index is 2.46. The number of nitrogens with one attached hydrogen (secondary N) is 2. The third-order valence-electron chi connectivity index (χ3n) is 2.27. The zero-order chi connectivity index (χ0) is 16.5. The van der Waals surface area contributed by atoms with Gasteiger partial charge in [-0.05, 0) is 18.2 Å². The summed E-state index contributed by atoms with van der Waals surface area (Å²) in [7, 11) is -3.81. The third kappa shape index (κ3) is 4.09. The van der Waals surface area contributed by atoms with Gasteiger partial charge in [0.2, 0.25) is 10.0 Å². The molecule has 1 heterocycles. The van der Waals surface area contributed by atoms with Crippen molar-refractivity contribution in [3.63, 3.8) is 0 Å². The van der Waals surface area contributed by atoms with E-state index in [1.165, 1.54) is 0 Å². The van der Waals surface area contributed by atoms with E-state index in [9.17, 15) is 21.6 Å². The largest absolute Gasteiger partial charge is 0.338 e. The highest BCUT2D eigenvalue weighted by atomic mass is 32.2. The van der Waals surface area contributed by atoms with Crippen LogP contribution in [0.3, 0.4) is 0 Å². The van der Waals surface area contributed by atoms with Crippen molar-refractivity contribution in [3.8, 4) is 0 Å². The smallest absolute Gasteiger partial charge is 0.229 e. The van der Waals surface area contributed by atoms with Crippen LogP contribution in [0, 0.1) is 17.5 Å². The molecule has 0 fully saturated rings. The average Bonchev–Trinajstić information content (AvgIpc) is 2.37. The van der Waals surface area contributed by atoms with Crippen molar-refractivity contribution in [3.05, 3.63) is 47.9 Å². The van der Waals surface area contributed by atoms with Crippen LogP contribution in [-0.2, 0) is 10.0 Å². The minimum atomic E-state index is -3.81. The molecule has 2 N–H and O–H groups in total. The van der Waals surface area contributed by atoms with Gasteiger partial charge in [-0.25, -0.2) is 26.6 Å². The van der Waals surface area contributed by atoms with Gasteiger partial charge in [0.15, 0.2) is 5.82 Å². The van der Waals surface area contributed by atoms with E-state index in [-0.39, 0.29) is 11.5 Å². The zero-order valence-corrected chi connectivity index (χ0v) is 11.4. The second kappa shape index (κ2) is 5.60. The summed E-state index contributed by atoms with van der Waals surface area (Å²) in [6, 6.07) is 1.85. The Kier molecular flexibility index (Phi) is 3.65. The summed E-state index contributed by atoms with van der Waals surface area (Å²) in [6.07, 6.45) is 1.56. The van der Waals surface area contributed by atoms with E-state index < -0.39 is 39.2 Å². The lowest BCUT2D eigenvalue weighted by Crippen LogP contribution is -2.13. The van der Waals surface area contributed by atoms with E-state index in [2.05, 4.69) is 10.3 Å². The van der Waals surface area contributed by atoms with Gasteiger partial charge in [-0.3, -0.25) is 4.72 Å². The van der Waals surface area contributed by atoms with Crippen molar-refractivity contribution in [2.75, 3.05) is 16.3 Å². The molecule has 0 unspecified atom stereocenters. The number of benzene rings is 1. The maximum absolute atomic E-state index is 13.8. The molecular formula is C12H10F3N3O2S. The number of pyridine rings is 1. The Bertz CT molecular complexity index is 831. The molecule has 0 aliphatic rings. The van der Waals surface area contributed by atoms with Crippen LogP contribution in [0.25, 0.3) is 0 Å². The summed E-state index contributed by atoms with van der Waals surface area (Å²) in [4.78, 5) is 3.60. The Hall–Kier alpha value is -2.29. The molecular weight excluding hydrogens is 307 g/mol. The molecule has 0 spiro atoms. The number of anilines is 3. The topological polar surface area (TPSA) is 71.1 Å². The molecule has 1 aromatic carbocycles. The molecule has 2 rings (SSSR count). The molecule has 5 nitrogen and oxygen atoms in total. The highest BCUT2D eigenvalue weighted by Gasteiger charge is 2.15. The second-order valence-corrected chi connectivity index (χ2v) is 5.84. The predicted octanol–water partition coefficient (Wildman–Crippen LogP) is 2.61. The second-order valence-electron chi connectivity index (χ2n) is 4.09. The van der Waals surface area contributed by atoms with Gasteiger partial charge < -0.3 is 5.32 Å². The van der Waals surface area contributed by atoms with Crippen LogP contribution < -0.4 is 10.0 Å². The van der Waals surface area contributed by atoms with Gasteiger partial charge >= 0.3 is 0 Å². The first-order chi connectivity index (χ1) is 10.2. The monoisotopic (exact) mass is 318 g/mol. The first kappa shape index (κ1) is 13.7. The predicted molar refractivity (Wildman–Crippen MR) is 72.3 cm³/mol. The van der Waals surface area contributed by atoms with E-state index in [0.29, 0.717) is 6.07 Å². The number of hydrogen-bond acceptors (Lipinski definition) is 4. The van der Waals surface area contributed by atoms with Crippen LogP contribution >= 0.6 is 0 Å². The van der Waals surface area contributed by atoms with Crippen LogP contribution in [0.5, 0.6) is 0 Å². The van der Waals surface area contributed by atoms with Crippen molar-refractivity contribution < 1.29 is 23.0 Å². The molecule has 0 atom stereocenters. The van der Waals surface area contributed by atoms with Crippen molar-refractivity contribution in [2.45, 2.75) is 0 Å². The Morgan fingerprint density at radius 1 is 1.24 bits per heavy atom. The molecule has 0 saturated carbocycles. The lowest BCUT2D eigenvalue weighted by molar-refractivity contribution is 0.584. The minimum absolute atomic E-state index is 0.0760. The van der Waals surface area contributed by atoms with Crippen molar-refractivity contribution in [1.82, 2.24) is 4.98 Å². The lowest BCUT2D eigenvalue weighted by Gasteiger charge is -2.13. The van der Waals surface area contributed by atoms with Gasteiger partial charge in [0.05, 0.1) is 19.5 Å². The number of halogens is 3. The Morgan fingerprint density at radius 2 is 1.95 bits per heavy atom.